The van der Waals surface area contributed by atoms with Crippen LogP contribution in [0.2, 0.25) is 0 Å². The summed E-state index contributed by atoms with van der Waals surface area (Å²) in [5, 5.41) is 0. The van der Waals surface area contributed by atoms with E-state index < -0.39 is 0 Å². The van der Waals surface area contributed by atoms with E-state index in [4.69, 9.17) is 0 Å². The van der Waals surface area contributed by atoms with Gasteiger partial charge in [0, 0.05) is 28.3 Å². The van der Waals surface area contributed by atoms with E-state index in [1.165, 1.54) is 0 Å². The number of hydrogen-bond donors (Lipinski definition) is 0. The lowest BCUT2D eigenvalue weighted by atomic mass is 10.6. The average Bonchev–Trinajstić information content (AvgIpc) is 1.91. The van der Waals surface area contributed by atoms with Crippen molar-refractivity contribution in [3.8, 4) is 10.8 Å². The third kappa shape index (κ3) is 1.82. The molecule has 1 rings (SSSR count). The van der Waals surface area contributed by atoms with Gasteiger partial charge in [0.2, 0.25) is 5.82 Å². The highest BCUT2D eigenvalue weighted by Gasteiger charge is 1.81. The molecule has 1 aromatic heterocycles. The molecule has 0 bridgehead atoms. The first-order valence-corrected chi connectivity index (χ1v) is 3.11. The SMILES string of the molecule is BrC#Cc1ncccn1. The minimum Gasteiger partial charge on any atom is -0.229 e. The first-order chi connectivity index (χ1) is 4.43. The van der Waals surface area contributed by atoms with E-state index in [-0.39, 0.29) is 0 Å². The Labute approximate surface area is 61.5 Å². The van der Waals surface area contributed by atoms with Crippen molar-refractivity contribution in [3.63, 3.8) is 0 Å². The summed E-state index contributed by atoms with van der Waals surface area (Å²) in [6, 6.07) is 1.75. The molecular weight excluding hydrogens is 180 g/mol. The van der Waals surface area contributed by atoms with Gasteiger partial charge in [-0.25, -0.2) is 9.97 Å². The molecule has 0 aliphatic heterocycles. The van der Waals surface area contributed by atoms with Gasteiger partial charge < -0.3 is 0 Å². The molecule has 1 heterocycles. The van der Waals surface area contributed by atoms with Crippen molar-refractivity contribution < 1.29 is 0 Å². The summed E-state index contributed by atoms with van der Waals surface area (Å²) in [6.45, 7) is 0. The molecule has 0 N–H and O–H groups in total. The summed E-state index contributed by atoms with van der Waals surface area (Å²) in [7, 11) is 0. The average molecular weight is 183 g/mol. The highest BCUT2D eigenvalue weighted by Crippen LogP contribution is 1.83. The van der Waals surface area contributed by atoms with Crippen molar-refractivity contribution in [1.29, 1.82) is 0 Å². The van der Waals surface area contributed by atoms with E-state index in [2.05, 4.69) is 36.6 Å². The molecule has 0 aliphatic rings. The molecule has 0 amide bonds. The second-order valence-corrected chi connectivity index (χ2v) is 1.69. The molecular formula is C6H3BrN2. The van der Waals surface area contributed by atoms with E-state index in [1.54, 1.807) is 18.5 Å². The van der Waals surface area contributed by atoms with Crippen LogP contribution in [-0.4, -0.2) is 9.97 Å². The summed E-state index contributed by atoms with van der Waals surface area (Å²) in [4.78, 5) is 10.2. The first kappa shape index (κ1) is 6.24. The fraction of sp³-hybridized carbons (Fsp3) is 0. The van der Waals surface area contributed by atoms with Crippen LogP contribution in [0.1, 0.15) is 5.82 Å². The van der Waals surface area contributed by atoms with Gasteiger partial charge in [-0.15, -0.1) is 0 Å². The second kappa shape index (κ2) is 3.21. The predicted octanol–water partition coefficient (Wildman–Crippen LogP) is 1.18. The molecule has 0 unspecified atom stereocenters. The lowest BCUT2D eigenvalue weighted by Crippen LogP contribution is -1.83. The molecule has 0 saturated carbocycles. The minimum atomic E-state index is 0.536. The Morgan fingerprint density at radius 2 is 2.00 bits per heavy atom. The molecule has 0 spiro atoms. The van der Waals surface area contributed by atoms with Gasteiger partial charge in [-0.05, 0) is 16.8 Å². The van der Waals surface area contributed by atoms with Crippen LogP contribution in [-0.2, 0) is 0 Å². The van der Waals surface area contributed by atoms with Crippen molar-refractivity contribution in [2.75, 3.05) is 0 Å². The summed E-state index contributed by atoms with van der Waals surface area (Å²) >= 11 is 2.94. The molecule has 0 atom stereocenters. The monoisotopic (exact) mass is 182 g/mol. The molecule has 0 fully saturated rings. The fourth-order valence-corrected chi connectivity index (χ4v) is 0.583. The molecule has 0 aromatic carbocycles. The fourth-order valence-electron chi connectivity index (χ4n) is 0.406. The standard InChI is InChI=1S/C6H3BrN2/c7-3-2-6-8-4-1-5-9-6/h1,4-5H. The summed E-state index contributed by atoms with van der Waals surface area (Å²) in [5.74, 6) is 3.19. The van der Waals surface area contributed by atoms with Crippen molar-refractivity contribution in [3.05, 3.63) is 24.3 Å². The van der Waals surface area contributed by atoms with E-state index in [0.717, 1.165) is 0 Å². The van der Waals surface area contributed by atoms with Crippen LogP contribution in [0, 0.1) is 10.8 Å². The Kier molecular flexibility index (Phi) is 2.22. The van der Waals surface area contributed by atoms with Crippen LogP contribution < -0.4 is 0 Å². The van der Waals surface area contributed by atoms with Crippen LogP contribution >= 0.6 is 15.9 Å². The molecule has 44 valence electrons. The van der Waals surface area contributed by atoms with Crippen LogP contribution in [0.25, 0.3) is 0 Å². The van der Waals surface area contributed by atoms with Crippen LogP contribution in [0.3, 0.4) is 0 Å². The van der Waals surface area contributed by atoms with Gasteiger partial charge in [0.25, 0.3) is 0 Å². The van der Waals surface area contributed by atoms with Gasteiger partial charge in [-0.1, -0.05) is 0 Å². The van der Waals surface area contributed by atoms with E-state index in [0.29, 0.717) is 5.82 Å². The van der Waals surface area contributed by atoms with Crippen molar-refractivity contribution >= 4 is 15.9 Å². The quantitative estimate of drug-likeness (QED) is 0.564. The zero-order valence-electron chi connectivity index (χ0n) is 4.50. The molecule has 0 saturated heterocycles. The number of halogens is 1. The van der Waals surface area contributed by atoms with Crippen LogP contribution in [0.15, 0.2) is 18.5 Å². The number of rotatable bonds is 0. The van der Waals surface area contributed by atoms with Gasteiger partial charge in [-0.2, -0.15) is 0 Å². The normalized spacial score (nSPS) is 7.67. The molecule has 0 radical (unpaired) electrons. The predicted molar refractivity (Wildman–Crippen MR) is 37.8 cm³/mol. The van der Waals surface area contributed by atoms with Gasteiger partial charge in [-0.3, -0.25) is 0 Å². The molecule has 3 heteroatoms. The zero-order valence-corrected chi connectivity index (χ0v) is 6.09. The molecule has 9 heavy (non-hydrogen) atoms. The highest BCUT2D eigenvalue weighted by atomic mass is 79.9. The Hall–Kier alpha value is -0.880. The highest BCUT2D eigenvalue weighted by molar-refractivity contribution is 9.12. The summed E-state index contributed by atoms with van der Waals surface area (Å²) < 4.78 is 0. The lowest BCUT2D eigenvalue weighted by molar-refractivity contribution is 1.13. The summed E-state index contributed by atoms with van der Waals surface area (Å²) in [6.07, 6.45) is 3.30. The maximum Gasteiger partial charge on any atom is 0.205 e. The molecule has 2 nitrogen and oxygen atoms in total. The van der Waals surface area contributed by atoms with E-state index in [9.17, 15) is 0 Å². The Morgan fingerprint density at radius 1 is 1.33 bits per heavy atom. The van der Waals surface area contributed by atoms with Crippen molar-refractivity contribution in [2.24, 2.45) is 0 Å². The number of aromatic nitrogens is 2. The largest absolute Gasteiger partial charge is 0.229 e. The smallest absolute Gasteiger partial charge is 0.205 e. The maximum atomic E-state index is 3.85. The third-order valence-electron chi connectivity index (χ3n) is 0.725. The number of hydrogen-bond acceptors (Lipinski definition) is 2. The zero-order chi connectivity index (χ0) is 6.53. The van der Waals surface area contributed by atoms with Crippen molar-refractivity contribution in [2.45, 2.75) is 0 Å². The second-order valence-electron chi connectivity index (χ2n) is 1.29. The maximum absolute atomic E-state index is 3.85. The minimum absolute atomic E-state index is 0.536. The summed E-state index contributed by atoms with van der Waals surface area (Å²) in [5.41, 5.74) is 0. The molecule has 1 aromatic rings. The van der Waals surface area contributed by atoms with Gasteiger partial charge >= 0.3 is 0 Å². The van der Waals surface area contributed by atoms with Gasteiger partial charge in [0.15, 0.2) is 0 Å². The van der Waals surface area contributed by atoms with Gasteiger partial charge in [0.05, 0.1) is 0 Å². The Bertz CT molecular complexity index is 234. The van der Waals surface area contributed by atoms with Crippen LogP contribution in [0.5, 0.6) is 0 Å². The van der Waals surface area contributed by atoms with Crippen LogP contribution in [0.4, 0.5) is 0 Å². The molecule has 0 aliphatic carbocycles. The first-order valence-electron chi connectivity index (χ1n) is 2.32. The van der Waals surface area contributed by atoms with E-state index in [1.807, 2.05) is 0 Å². The Morgan fingerprint density at radius 3 is 2.56 bits per heavy atom. The Balaban J connectivity index is 2.94. The van der Waals surface area contributed by atoms with Gasteiger partial charge in [0.1, 0.15) is 0 Å². The lowest BCUT2D eigenvalue weighted by Gasteiger charge is -1.81. The van der Waals surface area contributed by atoms with Crippen molar-refractivity contribution in [1.82, 2.24) is 9.97 Å². The number of nitrogens with zero attached hydrogens (tertiary/aromatic N) is 2. The topological polar surface area (TPSA) is 25.8 Å². The van der Waals surface area contributed by atoms with E-state index >= 15 is 0 Å². The third-order valence-corrected chi connectivity index (χ3v) is 0.923.